The van der Waals surface area contributed by atoms with Crippen LogP contribution in [0.25, 0.3) is 10.9 Å². The summed E-state index contributed by atoms with van der Waals surface area (Å²) in [6.07, 6.45) is 7.11. The van der Waals surface area contributed by atoms with Gasteiger partial charge < -0.3 is 34.6 Å². The summed E-state index contributed by atoms with van der Waals surface area (Å²) in [6, 6.07) is 18.5. The maximum Gasteiger partial charge on any atom is 0.316 e. The molecule has 4 aliphatic rings. The Hall–Kier alpha value is -4.20. The minimum Gasteiger partial charge on any atom is -0.506 e. The number of amides is 1. The highest BCUT2D eigenvalue weighted by atomic mass is 35.5. The third-order valence-corrected chi connectivity index (χ3v) is 18.6. The number of ether oxygens (including phenoxy) is 2. The molecule has 4 aromatic rings. The van der Waals surface area contributed by atoms with E-state index in [2.05, 4.69) is 72.6 Å². The van der Waals surface area contributed by atoms with Gasteiger partial charge >= 0.3 is 5.97 Å². The molecule has 1 saturated carbocycles. The van der Waals surface area contributed by atoms with E-state index in [9.17, 15) is 19.5 Å². The van der Waals surface area contributed by atoms with Crippen molar-refractivity contribution >= 4 is 48.4 Å². The molecule has 328 valence electrons. The van der Waals surface area contributed by atoms with E-state index in [-0.39, 0.29) is 34.3 Å². The van der Waals surface area contributed by atoms with Crippen molar-refractivity contribution in [3.05, 3.63) is 98.3 Å². The maximum absolute atomic E-state index is 13.9. The lowest BCUT2D eigenvalue weighted by Gasteiger charge is -2.45. The van der Waals surface area contributed by atoms with Crippen LogP contribution in [-0.2, 0) is 37.1 Å². The monoisotopic (exact) mass is 870 g/mol. The van der Waals surface area contributed by atoms with Gasteiger partial charge in [-0.15, -0.1) is 0 Å². The summed E-state index contributed by atoms with van der Waals surface area (Å²) >= 11 is 6.79. The lowest BCUT2D eigenvalue weighted by Crippen LogP contribution is -2.53. The largest absolute Gasteiger partial charge is 0.506 e. The number of esters is 1. The van der Waals surface area contributed by atoms with Gasteiger partial charge in [-0.1, -0.05) is 75.5 Å². The van der Waals surface area contributed by atoms with Crippen molar-refractivity contribution in [2.24, 2.45) is 5.92 Å². The fourth-order valence-electron chi connectivity index (χ4n) is 9.22. The summed E-state index contributed by atoms with van der Waals surface area (Å²) in [5.41, 5.74) is 3.77. The number of anilines is 1. The molecule has 3 saturated heterocycles. The van der Waals surface area contributed by atoms with Crippen molar-refractivity contribution in [1.29, 1.82) is 0 Å². The fraction of sp³-hybridized carbons (Fsp3) is 0.521. The number of carbonyl (C=O) groups is 2. The van der Waals surface area contributed by atoms with Gasteiger partial charge in [0.2, 0.25) is 11.5 Å². The molecule has 2 atom stereocenters. The molecule has 11 nitrogen and oxygen atoms in total. The number of aromatic amines is 1. The number of hydrogen-bond donors (Lipinski definition) is 4. The summed E-state index contributed by atoms with van der Waals surface area (Å²) in [7, 11) is -0.685. The number of benzene rings is 3. The second-order valence-corrected chi connectivity index (χ2v) is 24.1. The molecule has 0 unspecified atom stereocenters. The van der Waals surface area contributed by atoms with Crippen LogP contribution in [0.4, 0.5) is 5.69 Å². The minimum atomic E-state index is -2.27. The molecule has 1 aliphatic carbocycles. The van der Waals surface area contributed by atoms with Crippen molar-refractivity contribution in [3.8, 4) is 11.5 Å². The first-order valence-electron chi connectivity index (χ1n) is 22.0. The molecule has 0 spiro atoms. The molecule has 61 heavy (non-hydrogen) atoms. The van der Waals surface area contributed by atoms with Gasteiger partial charge in [-0.2, -0.15) is 0 Å². The first kappa shape index (κ1) is 44.8. The molecule has 2 bridgehead atoms. The van der Waals surface area contributed by atoms with Gasteiger partial charge in [0.25, 0.3) is 0 Å². The van der Waals surface area contributed by atoms with Crippen LogP contribution < -0.4 is 20.9 Å². The van der Waals surface area contributed by atoms with Gasteiger partial charge in [-0.3, -0.25) is 19.3 Å². The van der Waals surface area contributed by atoms with E-state index in [0.717, 1.165) is 80.4 Å². The Bertz CT molecular complexity index is 2280. The molecule has 0 radical (unpaired) electrons. The average Bonchev–Trinajstić information content (AvgIpc) is 3.74. The van der Waals surface area contributed by atoms with Crippen molar-refractivity contribution in [3.63, 3.8) is 0 Å². The topological polar surface area (TPSA) is 142 Å². The van der Waals surface area contributed by atoms with Crippen molar-refractivity contribution < 1.29 is 28.6 Å². The van der Waals surface area contributed by atoms with Gasteiger partial charge in [-0.05, 0) is 111 Å². The Labute approximate surface area is 366 Å². The number of aromatic hydroxyl groups is 1. The zero-order valence-electron chi connectivity index (χ0n) is 36.6. The zero-order chi connectivity index (χ0) is 43.5. The van der Waals surface area contributed by atoms with Crippen molar-refractivity contribution in [2.45, 2.75) is 121 Å². The number of H-pyrrole nitrogens is 1. The van der Waals surface area contributed by atoms with E-state index in [1.807, 2.05) is 12.1 Å². The third kappa shape index (κ3) is 10.0. The lowest BCUT2D eigenvalue weighted by atomic mass is 9.77. The lowest BCUT2D eigenvalue weighted by molar-refractivity contribution is -0.165. The number of halogens is 1. The number of hydrogen-bond acceptors (Lipinski definition) is 9. The number of pyridine rings is 1. The Morgan fingerprint density at radius 3 is 2.49 bits per heavy atom. The van der Waals surface area contributed by atoms with Crippen LogP contribution in [0.5, 0.6) is 11.5 Å². The second-order valence-electron chi connectivity index (χ2n) is 18.9. The van der Waals surface area contributed by atoms with Crippen LogP contribution in [-0.4, -0.2) is 74.6 Å². The number of aryl methyl sites for hydroxylation is 1. The molecular weight excluding hydrogens is 808 g/mol. The van der Waals surface area contributed by atoms with E-state index >= 15 is 0 Å². The standard InChI is InChI=1S/C48H63ClN4O7Si/c1-47(2,3)61(5,6)60-41(35-15-17-39(54)45-36(35)16-18-44(56)52-45)29-50-28-33-26-37(49)38(27-40(33)58-4)51-43(55)14-10-12-31-11-9-13-34(25-31)48(21-7-8-22-48)46(57)59-42-30-53-23-19-32(42)20-24-53/h9,11,13,15-18,25-27,32,41-42,50,54H,7-8,10,12,14,19-24,28-30H2,1-6H3,(H,51,55)(H,52,56)/t41-,42+/m1/s1. The highest BCUT2D eigenvalue weighted by molar-refractivity contribution is 6.74. The maximum atomic E-state index is 13.9. The number of fused-ring (bicyclic) bond motifs is 4. The van der Waals surface area contributed by atoms with Crippen LogP contribution >= 0.6 is 11.6 Å². The van der Waals surface area contributed by atoms with E-state index in [1.54, 1.807) is 31.4 Å². The quantitative estimate of drug-likeness (QED) is 0.0641. The number of nitrogens with zero attached hydrogens (tertiary/aromatic N) is 1. The number of phenols is 1. The molecule has 4 N–H and O–H groups in total. The first-order chi connectivity index (χ1) is 29.1. The summed E-state index contributed by atoms with van der Waals surface area (Å²) in [4.78, 5) is 44.5. The number of phenolic OH excluding ortho intramolecular Hbond substituents is 1. The van der Waals surface area contributed by atoms with Crippen LogP contribution in [0.1, 0.15) is 100 Å². The van der Waals surface area contributed by atoms with Gasteiger partial charge in [0.05, 0.1) is 34.9 Å². The van der Waals surface area contributed by atoms with Crippen LogP contribution in [0, 0.1) is 5.92 Å². The Balaban J connectivity index is 0.967. The van der Waals surface area contributed by atoms with E-state index in [1.165, 1.54) is 6.07 Å². The molecule has 3 aliphatic heterocycles. The summed E-state index contributed by atoms with van der Waals surface area (Å²) < 4.78 is 19.1. The number of carbonyl (C=O) groups excluding carboxylic acids is 2. The number of piperidine rings is 3. The number of nitrogens with one attached hydrogen (secondary N) is 3. The Kier molecular flexibility index (Phi) is 13.7. The van der Waals surface area contributed by atoms with Crippen molar-refractivity contribution in [1.82, 2.24) is 15.2 Å². The normalized spacial score (nSPS) is 20.4. The van der Waals surface area contributed by atoms with Crippen LogP contribution in [0.15, 0.2) is 65.5 Å². The average molecular weight is 872 g/mol. The fourth-order valence-corrected chi connectivity index (χ4v) is 10.7. The molecular formula is C48H63ClN4O7Si. The highest BCUT2D eigenvalue weighted by Crippen LogP contribution is 2.44. The van der Waals surface area contributed by atoms with Crippen LogP contribution in [0.3, 0.4) is 0 Å². The third-order valence-electron chi connectivity index (χ3n) is 13.8. The molecule has 8 rings (SSSR count). The minimum absolute atomic E-state index is 0.000986. The first-order valence-corrected chi connectivity index (χ1v) is 25.3. The zero-order valence-corrected chi connectivity index (χ0v) is 38.4. The van der Waals surface area contributed by atoms with Crippen molar-refractivity contribution in [2.75, 3.05) is 38.6 Å². The number of aromatic nitrogens is 1. The molecule has 1 aromatic heterocycles. The molecule has 3 aromatic carbocycles. The molecule has 4 heterocycles. The SMILES string of the molecule is COc1cc(NC(=O)CCCc2cccc(C3(C(=O)O[C@H]4CN5CCC4CC5)CCCC3)c2)c(Cl)cc1CNC[C@@H](O[Si](C)(C)C(C)(C)C)c1ccc(O)c2[nH]c(=O)ccc12. The van der Waals surface area contributed by atoms with Crippen LogP contribution in [0.2, 0.25) is 23.2 Å². The summed E-state index contributed by atoms with van der Waals surface area (Å²) in [5, 5.41) is 18.2. The van der Waals surface area contributed by atoms with Gasteiger partial charge in [0.15, 0.2) is 8.32 Å². The Morgan fingerprint density at radius 1 is 1.05 bits per heavy atom. The van der Waals surface area contributed by atoms with E-state index < -0.39 is 19.8 Å². The molecule has 13 heteroatoms. The summed E-state index contributed by atoms with van der Waals surface area (Å²) in [6.45, 7) is 14.9. The molecule has 1 amide bonds. The summed E-state index contributed by atoms with van der Waals surface area (Å²) in [5.74, 6) is 0.845. The van der Waals surface area contributed by atoms with E-state index in [0.29, 0.717) is 65.6 Å². The van der Waals surface area contributed by atoms with Gasteiger partial charge in [0.1, 0.15) is 17.6 Å². The van der Waals surface area contributed by atoms with E-state index in [4.69, 9.17) is 25.5 Å². The van der Waals surface area contributed by atoms with Gasteiger partial charge in [0, 0.05) is 49.1 Å². The highest BCUT2D eigenvalue weighted by Gasteiger charge is 2.47. The number of rotatable bonds is 16. The predicted molar refractivity (Wildman–Crippen MR) is 244 cm³/mol. The van der Waals surface area contributed by atoms with Gasteiger partial charge in [-0.25, -0.2) is 0 Å². The predicted octanol–water partition coefficient (Wildman–Crippen LogP) is 9.16. The molecule has 4 fully saturated rings. The second kappa shape index (κ2) is 18.6. The smallest absolute Gasteiger partial charge is 0.316 e. The number of methoxy groups -OCH3 is 1. The Morgan fingerprint density at radius 2 is 1.80 bits per heavy atom.